The number of hydrogen-bond donors (Lipinski definition) is 1. The van der Waals surface area contributed by atoms with E-state index in [1.165, 1.54) is 45.2 Å². The molecule has 2 aliphatic heterocycles. The van der Waals surface area contributed by atoms with E-state index in [-0.39, 0.29) is 0 Å². The summed E-state index contributed by atoms with van der Waals surface area (Å²) in [5.41, 5.74) is 0. The highest BCUT2D eigenvalue weighted by Crippen LogP contribution is 2.25. The molecule has 0 unspecified atom stereocenters. The summed E-state index contributed by atoms with van der Waals surface area (Å²) < 4.78 is 0.781. The number of nitrogens with one attached hydrogen (secondary N) is 1. The van der Waals surface area contributed by atoms with E-state index in [1.54, 1.807) is 11.3 Å². The van der Waals surface area contributed by atoms with E-state index in [9.17, 15) is 0 Å². The van der Waals surface area contributed by atoms with Crippen molar-refractivity contribution in [3.8, 4) is 0 Å². The van der Waals surface area contributed by atoms with Gasteiger partial charge in [-0.3, -0.25) is 5.10 Å². The SMILES string of the molecule is S=c1[nH]nc(N2CCC(N3CCCCC3)CC2)s1. The Balaban J connectivity index is 1.56. The van der Waals surface area contributed by atoms with Gasteiger partial charge >= 0.3 is 0 Å². The lowest BCUT2D eigenvalue weighted by Crippen LogP contribution is -2.46. The van der Waals surface area contributed by atoms with E-state index in [0.717, 1.165) is 28.2 Å². The van der Waals surface area contributed by atoms with Crippen LogP contribution in [0.5, 0.6) is 0 Å². The van der Waals surface area contributed by atoms with Crippen LogP contribution in [0.1, 0.15) is 32.1 Å². The molecule has 1 N–H and O–H groups in total. The van der Waals surface area contributed by atoms with Crippen molar-refractivity contribution in [3.05, 3.63) is 3.95 Å². The number of likely N-dealkylation sites (tertiary alicyclic amines) is 1. The van der Waals surface area contributed by atoms with Gasteiger partial charge < -0.3 is 9.80 Å². The summed E-state index contributed by atoms with van der Waals surface area (Å²) in [4.78, 5) is 5.07. The highest BCUT2D eigenvalue weighted by atomic mass is 32.1. The Labute approximate surface area is 117 Å². The Morgan fingerprint density at radius 3 is 2.44 bits per heavy atom. The van der Waals surface area contributed by atoms with E-state index in [4.69, 9.17) is 12.2 Å². The van der Waals surface area contributed by atoms with Crippen molar-refractivity contribution >= 4 is 28.7 Å². The first-order chi connectivity index (χ1) is 8.83. The first-order valence-corrected chi connectivity index (χ1v) is 8.10. The zero-order valence-corrected chi connectivity index (χ0v) is 12.2. The van der Waals surface area contributed by atoms with Crippen molar-refractivity contribution in [1.82, 2.24) is 15.1 Å². The standard InChI is InChI=1S/C12H20N4S2/c17-12-14-13-11(18-12)16-8-4-10(5-9-16)15-6-2-1-3-7-15/h10H,1-9H2,(H,14,17). The van der Waals surface area contributed by atoms with Crippen LogP contribution in [0.2, 0.25) is 0 Å². The third kappa shape index (κ3) is 2.75. The van der Waals surface area contributed by atoms with Crippen molar-refractivity contribution in [2.24, 2.45) is 0 Å². The molecule has 0 saturated carbocycles. The molecule has 0 bridgehead atoms. The Morgan fingerprint density at radius 1 is 1.11 bits per heavy atom. The molecule has 6 heteroatoms. The second-order valence-corrected chi connectivity index (χ2v) is 6.85. The molecule has 3 rings (SSSR count). The van der Waals surface area contributed by atoms with E-state index >= 15 is 0 Å². The van der Waals surface area contributed by atoms with Crippen LogP contribution in [0, 0.1) is 3.95 Å². The number of anilines is 1. The molecule has 0 amide bonds. The lowest BCUT2D eigenvalue weighted by molar-refractivity contribution is 0.141. The Morgan fingerprint density at radius 2 is 1.83 bits per heavy atom. The van der Waals surface area contributed by atoms with Crippen LogP contribution in [-0.4, -0.2) is 47.3 Å². The van der Waals surface area contributed by atoms with Crippen LogP contribution in [0.3, 0.4) is 0 Å². The lowest BCUT2D eigenvalue weighted by atomic mass is 10.0. The second-order valence-electron chi connectivity index (χ2n) is 5.21. The fourth-order valence-electron chi connectivity index (χ4n) is 3.06. The number of rotatable bonds is 2. The number of aromatic amines is 1. The minimum atomic E-state index is 0.781. The van der Waals surface area contributed by atoms with Gasteiger partial charge in [-0.25, -0.2) is 0 Å². The quantitative estimate of drug-likeness (QED) is 0.847. The third-order valence-electron chi connectivity index (χ3n) is 4.07. The monoisotopic (exact) mass is 284 g/mol. The summed E-state index contributed by atoms with van der Waals surface area (Å²) >= 11 is 6.68. The van der Waals surface area contributed by atoms with E-state index in [2.05, 4.69) is 20.0 Å². The smallest absolute Gasteiger partial charge is 0.206 e. The highest BCUT2D eigenvalue weighted by Gasteiger charge is 2.26. The molecule has 3 heterocycles. The normalized spacial score (nSPS) is 23.4. The number of aromatic nitrogens is 2. The van der Waals surface area contributed by atoms with Gasteiger partial charge in [-0.2, -0.15) is 0 Å². The maximum absolute atomic E-state index is 5.09. The molecule has 2 aliphatic rings. The predicted octanol–water partition coefficient (Wildman–Crippen LogP) is 2.66. The molecule has 0 aliphatic carbocycles. The summed E-state index contributed by atoms with van der Waals surface area (Å²) in [5, 5.41) is 8.22. The van der Waals surface area contributed by atoms with Gasteiger partial charge in [-0.1, -0.05) is 17.8 Å². The van der Waals surface area contributed by atoms with Crippen LogP contribution < -0.4 is 4.90 Å². The van der Waals surface area contributed by atoms with Crippen LogP contribution in [0.25, 0.3) is 0 Å². The predicted molar refractivity (Wildman–Crippen MR) is 78.0 cm³/mol. The molecule has 1 aromatic heterocycles. The minimum Gasteiger partial charge on any atom is -0.347 e. The number of H-pyrrole nitrogens is 1. The molecule has 4 nitrogen and oxygen atoms in total. The second kappa shape index (κ2) is 5.67. The lowest BCUT2D eigenvalue weighted by Gasteiger charge is -2.40. The molecule has 0 radical (unpaired) electrons. The molecule has 18 heavy (non-hydrogen) atoms. The Hall–Kier alpha value is -0.460. The Kier molecular flexibility index (Phi) is 3.96. The first-order valence-electron chi connectivity index (χ1n) is 6.87. The average molecular weight is 284 g/mol. The van der Waals surface area contributed by atoms with Gasteiger partial charge in [0.05, 0.1) is 0 Å². The van der Waals surface area contributed by atoms with Gasteiger partial charge in [0.15, 0.2) is 3.95 Å². The fourth-order valence-corrected chi connectivity index (χ4v) is 3.99. The molecule has 0 atom stereocenters. The molecule has 2 saturated heterocycles. The van der Waals surface area contributed by atoms with Gasteiger partial charge in [0.2, 0.25) is 5.13 Å². The zero-order valence-electron chi connectivity index (χ0n) is 10.6. The fraction of sp³-hybridized carbons (Fsp3) is 0.833. The number of hydrogen-bond acceptors (Lipinski definition) is 5. The van der Waals surface area contributed by atoms with Crippen LogP contribution >= 0.6 is 23.6 Å². The summed E-state index contributed by atoms with van der Waals surface area (Å²) in [7, 11) is 0. The summed E-state index contributed by atoms with van der Waals surface area (Å²) in [6.45, 7) is 4.87. The zero-order chi connectivity index (χ0) is 12.4. The topological polar surface area (TPSA) is 35.2 Å². The number of piperidine rings is 2. The largest absolute Gasteiger partial charge is 0.347 e. The van der Waals surface area contributed by atoms with Crippen LogP contribution in [0.4, 0.5) is 5.13 Å². The van der Waals surface area contributed by atoms with Gasteiger partial charge in [0, 0.05) is 19.1 Å². The average Bonchev–Trinajstić information content (AvgIpc) is 2.87. The van der Waals surface area contributed by atoms with Crippen molar-refractivity contribution in [2.45, 2.75) is 38.1 Å². The van der Waals surface area contributed by atoms with Gasteiger partial charge in [0.1, 0.15) is 0 Å². The highest BCUT2D eigenvalue weighted by molar-refractivity contribution is 7.73. The summed E-state index contributed by atoms with van der Waals surface area (Å²) in [6.07, 6.45) is 6.74. The van der Waals surface area contributed by atoms with Crippen molar-refractivity contribution in [2.75, 3.05) is 31.1 Å². The summed E-state index contributed by atoms with van der Waals surface area (Å²) in [6, 6.07) is 0.800. The minimum absolute atomic E-state index is 0.781. The van der Waals surface area contributed by atoms with Crippen molar-refractivity contribution in [3.63, 3.8) is 0 Å². The Bertz CT molecular complexity index is 427. The van der Waals surface area contributed by atoms with Gasteiger partial charge in [-0.15, -0.1) is 5.10 Å². The van der Waals surface area contributed by atoms with E-state index in [0.29, 0.717) is 0 Å². The van der Waals surface area contributed by atoms with Crippen LogP contribution in [0.15, 0.2) is 0 Å². The van der Waals surface area contributed by atoms with E-state index < -0.39 is 0 Å². The molecule has 0 spiro atoms. The van der Waals surface area contributed by atoms with Crippen molar-refractivity contribution < 1.29 is 0 Å². The maximum atomic E-state index is 5.09. The third-order valence-corrected chi connectivity index (χ3v) is 5.22. The molecule has 2 fully saturated rings. The molecule has 100 valence electrons. The molecular formula is C12H20N4S2. The van der Waals surface area contributed by atoms with Gasteiger partial charge in [0.25, 0.3) is 0 Å². The maximum Gasteiger partial charge on any atom is 0.206 e. The number of nitrogens with zero attached hydrogens (tertiary/aromatic N) is 3. The first kappa shape index (κ1) is 12.6. The van der Waals surface area contributed by atoms with Crippen molar-refractivity contribution in [1.29, 1.82) is 0 Å². The summed E-state index contributed by atoms with van der Waals surface area (Å²) in [5.74, 6) is 0. The molecular weight excluding hydrogens is 264 g/mol. The van der Waals surface area contributed by atoms with E-state index in [1.807, 2.05) is 0 Å². The molecule has 0 aromatic carbocycles. The molecule has 1 aromatic rings. The van der Waals surface area contributed by atoms with Gasteiger partial charge in [-0.05, 0) is 51.0 Å². The van der Waals surface area contributed by atoms with Crippen LogP contribution in [-0.2, 0) is 0 Å².